The Kier molecular flexibility index (Phi) is 2.46. The van der Waals surface area contributed by atoms with E-state index in [0.29, 0.717) is 0 Å². The van der Waals surface area contributed by atoms with Crippen LogP contribution >= 0.6 is 0 Å². The highest BCUT2D eigenvalue weighted by Crippen LogP contribution is 2.12. The van der Waals surface area contributed by atoms with Crippen LogP contribution in [0.25, 0.3) is 0 Å². The summed E-state index contributed by atoms with van der Waals surface area (Å²) in [5.74, 6) is 0. The number of benzene rings is 1. The van der Waals surface area contributed by atoms with E-state index in [0.717, 1.165) is 11.3 Å². The molecule has 60 valence electrons. The Morgan fingerprint density at radius 1 is 1.27 bits per heavy atom. The maximum Gasteiger partial charge on any atom is 0.232 e. The van der Waals surface area contributed by atoms with Gasteiger partial charge in [-0.2, -0.15) is 0 Å². The van der Waals surface area contributed by atoms with Gasteiger partial charge < -0.3 is 15.5 Å². The molecule has 0 spiro atoms. The van der Waals surface area contributed by atoms with Gasteiger partial charge in [-0.3, -0.25) is 0 Å². The van der Waals surface area contributed by atoms with Gasteiger partial charge in [-0.05, 0) is 18.6 Å². The molecule has 11 heavy (non-hydrogen) atoms. The van der Waals surface area contributed by atoms with E-state index in [2.05, 4.69) is 5.32 Å². The molecule has 0 atom stereocenters. The van der Waals surface area contributed by atoms with E-state index in [1.165, 1.54) is 0 Å². The molecule has 0 aromatic heterocycles. The molecule has 0 saturated carbocycles. The quantitative estimate of drug-likeness (QED) is 0.547. The standard InChI is InChI=1S/C8H11NO2/c1-6-4-2-3-5-7(6)9-8(10)11/h2-5,8-11H,1H3. The van der Waals surface area contributed by atoms with Crippen LogP contribution in [-0.4, -0.2) is 16.6 Å². The molecule has 0 unspecified atom stereocenters. The third-order valence-electron chi connectivity index (χ3n) is 1.43. The highest BCUT2D eigenvalue weighted by Gasteiger charge is 1.98. The van der Waals surface area contributed by atoms with Crippen molar-refractivity contribution in [2.24, 2.45) is 0 Å². The van der Waals surface area contributed by atoms with Gasteiger partial charge in [-0.25, -0.2) is 0 Å². The summed E-state index contributed by atoms with van der Waals surface area (Å²) >= 11 is 0. The molecule has 3 N–H and O–H groups in total. The number of aryl methyl sites for hydroxylation is 1. The average Bonchev–Trinajstić information content (AvgIpc) is 1.93. The summed E-state index contributed by atoms with van der Waals surface area (Å²) in [6, 6.07) is 7.40. The minimum absolute atomic E-state index is 0.738. The lowest BCUT2D eigenvalue weighted by molar-refractivity contribution is -0.0147. The first kappa shape index (κ1) is 8.04. The second-order valence-electron chi connectivity index (χ2n) is 2.33. The summed E-state index contributed by atoms with van der Waals surface area (Å²) in [6.07, 6.45) is -1.49. The molecular formula is C8H11NO2. The second kappa shape index (κ2) is 3.37. The highest BCUT2D eigenvalue weighted by atomic mass is 16.5. The van der Waals surface area contributed by atoms with Crippen LogP contribution < -0.4 is 5.32 Å². The monoisotopic (exact) mass is 153 g/mol. The van der Waals surface area contributed by atoms with Crippen molar-refractivity contribution in [3.63, 3.8) is 0 Å². The summed E-state index contributed by atoms with van der Waals surface area (Å²) in [5.41, 5.74) is 1.73. The Balaban J connectivity index is 2.78. The Morgan fingerprint density at radius 2 is 1.91 bits per heavy atom. The van der Waals surface area contributed by atoms with E-state index in [1.54, 1.807) is 6.07 Å². The zero-order chi connectivity index (χ0) is 8.27. The number of anilines is 1. The van der Waals surface area contributed by atoms with Crippen LogP contribution in [0.5, 0.6) is 0 Å². The van der Waals surface area contributed by atoms with Gasteiger partial charge in [0, 0.05) is 5.69 Å². The zero-order valence-corrected chi connectivity index (χ0v) is 6.28. The second-order valence-corrected chi connectivity index (χ2v) is 2.33. The van der Waals surface area contributed by atoms with Crippen LogP contribution in [0, 0.1) is 6.92 Å². The summed E-state index contributed by atoms with van der Waals surface area (Å²) in [6.45, 7) is 1.89. The predicted octanol–water partition coefficient (Wildman–Crippen LogP) is 0.675. The first-order valence-electron chi connectivity index (χ1n) is 3.38. The van der Waals surface area contributed by atoms with Gasteiger partial charge in [0.05, 0.1) is 0 Å². The molecule has 0 amide bonds. The third kappa shape index (κ3) is 2.22. The first-order chi connectivity index (χ1) is 5.20. The molecule has 0 aliphatic heterocycles. The fourth-order valence-electron chi connectivity index (χ4n) is 0.874. The van der Waals surface area contributed by atoms with Gasteiger partial charge in [-0.1, -0.05) is 18.2 Å². The number of hydrogen-bond donors (Lipinski definition) is 3. The number of aliphatic hydroxyl groups excluding tert-OH is 1. The van der Waals surface area contributed by atoms with Gasteiger partial charge in [-0.15, -0.1) is 0 Å². The van der Waals surface area contributed by atoms with Crippen LogP contribution in [0.15, 0.2) is 24.3 Å². The molecule has 0 saturated heterocycles. The Hall–Kier alpha value is -1.06. The van der Waals surface area contributed by atoms with E-state index < -0.39 is 6.41 Å². The highest BCUT2D eigenvalue weighted by molar-refractivity contribution is 5.50. The third-order valence-corrected chi connectivity index (χ3v) is 1.43. The molecule has 0 bridgehead atoms. The number of rotatable bonds is 2. The topological polar surface area (TPSA) is 52.5 Å². The van der Waals surface area contributed by atoms with Gasteiger partial charge in [0.15, 0.2) is 0 Å². The van der Waals surface area contributed by atoms with E-state index in [9.17, 15) is 0 Å². The average molecular weight is 153 g/mol. The van der Waals surface area contributed by atoms with Gasteiger partial charge in [0.1, 0.15) is 0 Å². The van der Waals surface area contributed by atoms with Crippen molar-refractivity contribution in [2.75, 3.05) is 5.32 Å². The zero-order valence-electron chi connectivity index (χ0n) is 6.28. The lowest BCUT2D eigenvalue weighted by Gasteiger charge is -2.09. The van der Waals surface area contributed by atoms with Crippen LogP contribution in [-0.2, 0) is 0 Å². The molecule has 0 radical (unpaired) electrons. The van der Waals surface area contributed by atoms with Crippen LogP contribution in [0.4, 0.5) is 5.69 Å². The van der Waals surface area contributed by atoms with Crippen molar-refractivity contribution in [2.45, 2.75) is 13.3 Å². The fraction of sp³-hybridized carbons (Fsp3) is 0.250. The molecule has 0 fully saturated rings. The molecule has 1 rings (SSSR count). The Bertz CT molecular complexity index is 235. The molecule has 1 aromatic carbocycles. The van der Waals surface area contributed by atoms with Crippen molar-refractivity contribution in [1.29, 1.82) is 0 Å². The maximum absolute atomic E-state index is 8.57. The van der Waals surface area contributed by atoms with E-state index in [1.807, 2.05) is 25.1 Å². The molecule has 1 aromatic rings. The molecule has 3 nitrogen and oxygen atoms in total. The fourth-order valence-corrected chi connectivity index (χ4v) is 0.874. The van der Waals surface area contributed by atoms with Crippen molar-refractivity contribution in [3.05, 3.63) is 29.8 Å². The SMILES string of the molecule is Cc1ccccc1NC(O)O. The van der Waals surface area contributed by atoms with Gasteiger partial charge >= 0.3 is 0 Å². The van der Waals surface area contributed by atoms with Crippen molar-refractivity contribution < 1.29 is 10.2 Å². The van der Waals surface area contributed by atoms with Crippen molar-refractivity contribution >= 4 is 5.69 Å². The number of nitrogens with one attached hydrogen (secondary N) is 1. The first-order valence-corrected chi connectivity index (χ1v) is 3.38. The Labute approximate surface area is 65.3 Å². The molecule has 0 heterocycles. The van der Waals surface area contributed by atoms with Crippen LogP contribution in [0.1, 0.15) is 5.56 Å². The van der Waals surface area contributed by atoms with E-state index >= 15 is 0 Å². The van der Waals surface area contributed by atoms with Crippen molar-refractivity contribution in [1.82, 2.24) is 0 Å². The van der Waals surface area contributed by atoms with Crippen molar-refractivity contribution in [3.8, 4) is 0 Å². The van der Waals surface area contributed by atoms with Gasteiger partial charge in [0.2, 0.25) is 6.41 Å². The maximum atomic E-state index is 8.57. The number of para-hydroxylation sites is 1. The minimum Gasteiger partial charge on any atom is -0.351 e. The lowest BCUT2D eigenvalue weighted by Crippen LogP contribution is -2.17. The molecule has 3 heteroatoms. The van der Waals surface area contributed by atoms with Crippen LogP contribution in [0.3, 0.4) is 0 Å². The van der Waals surface area contributed by atoms with E-state index in [4.69, 9.17) is 10.2 Å². The Morgan fingerprint density at radius 3 is 2.45 bits per heavy atom. The smallest absolute Gasteiger partial charge is 0.232 e. The largest absolute Gasteiger partial charge is 0.351 e. The lowest BCUT2D eigenvalue weighted by atomic mass is 10.2. The predicted molar refractivity (Wildman–Crippen MR) is 43.0 cm³/mol. The van der Waals surface area contributed by atoms with Crippen LogP contribution in [0.2, 0.25) is 0 Å². The van der Waals surface area contributed by atoms with E-state index in [-0.39, 0.29) is 0 Å². The number of hydrogen-bond acceptors (Lipinski definition) is 3. The molecule has 0 aliphatic carbocycles. The summed E-state index contributed by atoms with van der Waals surface area (Å²) in [4.78, 5) is 0. The minimum atomic E-state index is -1.49. The normalized spacial score (nSPS) is 10.2. The molecular weight excluding hydrogens is 142 g/mol. The molecule has 0 aliphatic rings. The summed E-state index contributed by atoms with van der Waals surface area (Å²) in [5, 5.41) is 19.6. The van der Waals surface area contributed by atoms with Gasteiger partial charge in [0.25, 0.3) is 0 Å². The summed E-state index contributed by atoms with van der Waals surface area (Å²) in [7, 11) is 0. The number of aliphatic hydroxyl groups is 2. The summed E-state index contributed by atoms with van der Waals surface area (Å²) < 4.78 is 0.